The van der Waals surface area contributed by atoms with E-state index in [9.17, 15) is 9.59 Å². The van der Waals surface area contributed by atoms with E-state index in [0.29, 0.717) is 11.4 Å². The highest BCUT2D eigenvalue weighted by Crippen LogP contribution is 2.19. The van der Waals surface area contributed by atoms with E-state index >= 15 is 0 Å². The highest BCUT2D eigenvalue weighted by Gasteiger charge is 2.19. The highest BCUT2D eigenvalue weighted by atomic mass is 16.5. The van der Waals surface area contributed by atoms with Gasteiger partial charge in [-0.15, -0.1) is 0 Å². The number of hydrogen-bond donors (Lipinski definition) is 1. The number of furan rings is 1. The van der Waals surface area contributed by atoms with Crippen LogP contribution in [0.25, 0.3) is 0 Å². The first kappa shape index (κ1) is 19.2. The number of para-hydroxylation sites is 1. The third kappa shape index (κ3) is 4.79. The number of carbonyl (C=O) groups excluding carboxylic acids is 2. The Labute approximate surface area is 163 Å². The van der Waals surface area contributed by atoms with Gasteiger partial charge >= 0.3 is 0 Å². The zero-order valence-corrected chi connectivity index (χ0v) is 15.8. The molecule has 0 aliphatic rings. The average molecular weight is 378 g/mol. The van der Waals surface area contributed by atoms with Crippen molar-refractivity contribution in [2.24, 2.45) is 0 Å². The fourth-order valence-electron chi connectivity index (χ4n) is 2.77. The molecule has 28 heavy (non-hydrogen) atoms. The Morgan fingerprint density at radius 1 is 1.00 bits per heavy atom. The van der Waals surface area contributed by atoms with Gasteiger partial charge in [0, 0.05) is 17.4 Å². The quantitative estimate of drug-likeness (QED) is 0.663. The van der Waals surface area contributed by atoms with E-state index in [1.54, 1.807) is 41.3 Å². The molecule has 3 rings (SSSR count). The molecule has 0 atom stereocenters. The molecule has 0 aliphatic heterocycles. The van der Waals surface area contributed by atoms with Crippen LogP contribution >= 0.6 is 0 Å². The number of nitrogens with one attached hydrogen (secondary N) is 1. The maximum Gasteiger partial charge on any atom is 0.291 e. The van der Waals surface area contributed by atoms with Gasteiger partial charge in [-0.25, -0.2) is 0 Å². The van der Waals surface area contributed by atoms with Gasteiger partial charge in [0.2, 0.25) is 0 Å². The van der Waals surface area contributed by atoms with Crippen molar-refractivity contribution in [3.63, 3.8) is 0 Å². The zero-order valence-electron chi connectivity index (χ0n) is 15.8. The van der Waals surface area contributed by atoms with Crippen LogP contribution in [0.4, 0.5) is 11.4 Å². The van der Waals surface area contributed by atoms with E-state index < -0.39 is 0 Å². The molecule has 1 aromatic heterocycles. The van der Waals surface area contributed by atoms with Gasteiger partial charge in [-0.1, -0.05) is 18.2 Å². The number of anilines is 2. The molecule has 0 bridgehead atoms. The number of hydrogen-bond acceptors (Lipinski definition) is 4. The highest BCUT2D eigenvalue weighted by molar-refractivity contribution is 6.02. The van der Waals surface area contributed by atoms with Crippen molar-refractivity contribution in [3.8, 4) is 5.75 Å². The van der Waals surface area contributed by atoms with Gasteiger partial charge < -0.3 is 19.4 Å². The maximum atomic E-state index is 12.6. The third-order valence-electron chi connectivity index (χ3n) is 4.04. The van der Waals surface area contributed by atoms with E-state index in [2.05, 4.69) is 5.32 Å². The van der Waals surface area contributed by atoms with Crippen LogP contribution in [0.1, 0.15) is 24.4 Å². The van der Waals surface area contributed by atoms with E-state index in [1.807, 2.05) is 44.2 Å². The first-order valence-electron chi connectivity index (χ1n) is 8.99. The fraction of sp³-hybridized carbons (Fsp3) is 0.182. The monoisotopic (exact) mass is 378 g/mol. The van der Waals surface area contributed by atoms with E-state index in [-0.39, 0.29) is 30.2 Å². The van der Waals surface area contributed by atoms with Crippen molar-refractivity contribution < 1.29 is 18.7 Å². The van der Waals surface area contributed by atoms with Crippen molar-refractivity contribution >= 4 is 23.2 Å². The minimum absolute atomic E-state index is 0.0117. The lowest BCUT2D eigenvalue weighted by Gasteiger charge is -2.26. The number of amides is 2. The number of carbonyl (C=O) groups is 2. The van der Waals surface area contributed by atoms with Crippen LogP contribution in [0, 0.1) is 0 Å². The van der Waals surface area contributed by atoms with Crippen LogP contribution in [0.3, 0.4) is 0 Å². The molecule has 144 valence electrons. The van der Waals surface area contributed by atoms with Gasteiger partial charge in [-0.2, -0.15) is 0 Å². The molecule has 0 aliphatic carbocycles. The van der Waals surface area contributed by atoms with Crippen LogP contribution in [-0.4, -0.2) is 24.5 Å². The molecule has 6 nitrogen and oxygen atoms in total. The second-order valence-corrected chi connectivity index (χ2v) is 6.44. The first-order chi connectivity index (χ1) is 13.5. The van der Waals surface area contributed by atoms with E-state index in [0.717, 1.165) is 5.69 Å². The van der Waals surface area contributed by atoms with Crippen molar-refractivity contribution in [2.45, 2.75) is 19.9 Å². The SMILES string of the molecule is CC(C)N(C(=O)COc1ccc(NC(=O)c2ccco2)cc1)c1ccccc1. The lowest BCUT2D eigenvalue weighted by Crippen LogP contribution is -2.40. The average Bonchev–Trinajstić information content (AvgIpc) is 3.23. The maximum absolute atomic E-state index is 12.6. The smallest absolute Gasteiger partial charge is 0.291 e. The number of nitrogens with zero attached hydrogens (tertiary/aromatic N) is 1. The van der Waals surface area contributed by atoms with Gasteiger partial charge in [-0.3, -0.25) is 9.59 Å². The Bertz CT molecular complexity index is 903. The summed E-state index contributed by atoms with van der Waals surface area (Å²) < 4.78 is 10.7. The second kappa shape index (κ2) is 8.90. The minimum atomic E-state index is -0.329. The van der Waals surface area contributed by atoms with Gasteiger partial charge in [-0.05, 0) is 62.4 Å². The predicted octanol–water partition coefficient (Wildman–Crippen LogP) is 4.35. The molecular weight excluding hydrogens is 356 g/mol. The Kier molecular flexibility index (Phi) is 6.11. The molecule has 0 unspecified atom stereocenters. The summed E-state index contributed by atoms with van der Waals surface area (Å²) >= 11 is 0. The van der Waals surface area contributed by atoms with Gasteiger partial charge in [0.25, 0.3) is 11.8 Å². The first-order valence-corrected chi connectivity index (χ1v) is 8.99. The lowest BCUT2D eigenvalue weighted by atomic mass is 10.2. The summed E-state index contributed by atoms with van der Waals surface area (Å²) in [6.45, 7) is 3.84. The Morgan fingerprint density at radius 3 is 2.32 bits per heavy atom. The Hall–Kier alpha value is -3.54. The topological polar surface area (TPSA) is 71.8 Å². The Morgan fingerprint density at radius 2 is 1.71 bits per heavy atom. The van der Waals surface area contributed by atoms with Gasteiger partial charge in [0.1, 0.15) is 5.75 Å². The summed E-state index contributed by atoms with van der Waals surface area (Å²) in [6.07, 6.45) is 1.44. The third-order valence-corrected chi connectivity index (χ3v) is 4.04. The molecule has 0 saturated carbocycles. The van der Waals surface area contributed by atoms with Crippen LogP contribution in [0.15, 0.2) is 77.4 Å². The Balaban J connectivity index is 1.58. The second-order valence-electron chi connectivity index (χ2n) is 6.44. The molecular formula is C22H22N2O4. The van der Waals surface area contributed by atoms with E-state index in [4.69, 9.17) is 9.15 Å². The molecule has 0 spiro atoms. The standard InChI is InChI=1S/C22H22N2O4/c1-16(2)24(18-7-4-3-5-8-18)21(25)15-28-19-12-10-17(11-13-19)23-22(26)20-9-6-14-27-20/h3-14,16H,15H2,1-2H3,(H,23,26). The molecule has 0 saturated heterocycles. The van der Waals surface area contributed by atoms with Crippen LogP contribution in [0.5, 0.6) is 5.75 Å². The minimum Gasteiger partial charge on any atom is -0.484 e. The van der Waals surface area contributed by atoms with Crippen LogP contribution in [-0.2, 0) is 4.79 Å². The molecule has 0 fully saturated rings. The summed E-state index contributed by atoms with van der Waals surface area (Å²) in [4.78, 5) is 26.3. The largest absolute Gasteiger partial charge is 0.484 e. The number of benzene rings is 2. The summed E-state index contributed by atoms with van der Waals surface area (Å²) in [5, 5.41) is 2.73. The fourth-order valence-corrected chi connectivity index (χ4v) is 2.77. The summed E-state index contributed by atoms with van der Waals surface area (Å²) in [5.41, 5.74) is 1.44. The molecule has 0 radical (unpaired) electrons. The summed E-state index contributed by atoms with van der Waals surface area (Å²) in [5.74, 6) is 0.322. The predicted molar refractivity (Wildman–Crippen MR) is 108 cm³/mol. The molecule has 1 heterocycles. The van der Waals surface area contributed by atoms with Gasteiger partial charge in [0.05, 0.1) is 6.26 Å². The number of rotatable bonds is 7. The summed E-state index contributed by atoms with van der Waals surface area (Å²) in [7, 11) is 0. The normalized spacial score (nSPS) is 10.5. The van der Waals surface area contributed by atoms with Crippen molar-refractivity contribution in [1.82, 2.24) is 0 Å². The van der Waals surface area contributed by atoms with Crippen molar-refractivity contribution in [3.05, 3.63) is 78.8 Å². The lowest BCUT2D eigenvalue weighted by molar-refractivity contribution is -0.120. The van der Waals surface area contributed by atoms with Crippen molar-refractivity contribution in [1.29, 1.82) is 0 Å². The summed E-state index contributed by atoms with van der Waals surface area (Å²) in [6, 6.07) is 19.6. The number of ether oxygens (including phenoxy) is 1. The molecule has 1 N–H and O–H groups in total. The van der Waals surface area contributed by atoms with Crippen molar-refractivity contribution in [2.75, 3.05) is 16.8 Å². The van der Waals surface area contributed by atoms with E-state index in [1.165, 1.54) is 6.26 Å². The molecule has 2 aromatic carbocycles. The van der Waals surface area contributed by atoms with Crippen LogP contribution in [0.2, 0.25) is 0 Å². The molecule has 2 amide bonds. The van der Waals surface area contributed by atoms with Crippen LogP contribution < -0.4 is 15.0 Å². The molecule has 3 aromatic rings. The zero-order chi connectivity index (χ0) is 19.9. The van der Waals surface area contributed by atoms with Gasteiger partial charge in [0.15, 0.2) is 12.4 Å². The molecule has 6 heteroatoms.